The molecule has 0 aliphatic carbocycles. The highest BCUT2D eigenvalue weighted by Crippen LogP contribution is 2.18. The van der Waals surface area contributed by atoms with Crippen molar-refractivity contribution in [3.05, 3.63) is 42.5 Å². The lowest BCUT2D eigenvalue weighted by Gasteiger charge is -2.31. The quantitative estimate of drug-likeness (QED) is 0.526. The summed E-state index contributed by atoms with van der Waals surface area (Å²) >= 11 is 0. The predicted molar refractivity (Wildman–Crippen MR) is 76.6 cm³/mol. The van der Waals surface area contributed by atoms with Crippen LogP contribution in [-0.4, -0.2) is 45.1 Å². The van der Waals surface area contributed by atoms with Gasteiger partial charge in [0.05, 0.1) is 27.3 Å². The summed E-state index contributed by atoms with van der Waals surface area (Å²) in [7, 11) is 4.16. The van der Waals surface area contributed by atoms with E-state index in [9.17, 15) is 5.11 Å². The molecule has 0 amide bonds. The molecule has 19 heavy (non-hydrogen) atoms. The molecular formula is C15H24ClNO2. The molecule has 0 aliphatic heterocycles. The Morgan fingerprint density at radius 1 is 1.32 bits per heavy atom. The Labute approximate surface area is 122 Å². The van der Waals surface area contributed by atoms with Gasteiger partial charge >= 0.3 is 0 Å². The molecule has 0 radical (unpaired) electrons. The van der Waals surface area contributed by atoms with Gasteiger partial charge in [-0.05, 0) is 19.1 Å². The van der Waals surface area contributed by atoms with Gasteiger partial charge in [-0.25, -0.2) is 0 Å². The Morgan fingerprint density at radius 2 is 1.89 bits per heavy atom. The Bertz CT molecular complexity index is 379. The average Bonchev–Trinajstić information content (AvgIpc) is 2.29. The van der Waals surface area contributed by atoms with Crippen molar-refractivity contribution in [3.63, 3.8) is 0 Å². The summed E-state index contributed by atoms with van der Waals surface area (Å²) in [5, 5.41) is 9.99. The first-order valence-corrected chi connectivity index (χ1v) is 6.20. The van der Waals surface area contributed by atoms with Gasteiger partial charge in [-0.2, -0.15) is 0 Å². The number of aliphatic hydroxyl groups excluding tert-OH is 1. The van der Waals surface area contributed by atoms with E-state index in [4.69, 9.17) is 4.74 Å². The molecule has 0 saturated heterocycles. The van der Waals surface area contributed by atoms with Crippen LogP contribution < -0.4 is 16.9 Å². The lowest BCUT2D eigenvalue weighted by molar-refractivity contribution is -0.00000790. The van der Waals surface area contributed by atoms with Gasteiger partial charge in [0.25, 0.3) is 0 Å². The van der Waals surface area contributed by atoms with E-state index in [1.54, 1.807) is 0 Å². The van der Waals surface area contributed by atoms with E-state index in [-0.39, 0.29) is 12.4 Å². The SMILES string of the molecule is C=C(C)COCC(O)C[N+](C)(C)c1ccccc1.[Cl-]. The second-order valence-electron chi connectivity index (χ2n) is 5.33. The molecule has 1 rings (SSSR count). The molecule has 1 aromatic carbocycles. The molecular weight excluding hydrogens is 262 g/mol. The molecule has 108 valence electrons. The number of para-hydroxylation sites is 1. The molecule has 3 nitrogen and oxygen atoms in total. The van der Waals surface area contributed by atoms with E-state index in [1.807, 2.05) is 25.1 Å². The molecule has 0 bridgehead atoms. The van der Waals surface area contributed by atoms with Crippen molar-refractivity contribution in [2.75, 3.05) is 33.9 Å². The van der Waals surface area contributed by atoms with Gasteiger partial charge < -0.3 is 22.3 Å². The maximum atomic E-state index is 9.99. The van der Waals surface area contributed by atoms with Crippen LogP contribution in [-0.2, 0) is 4.74 Å². The van der Waals surface area contributed by atoms with Crippen molar-refractivity contribution in [2.45, 2.75) is 13.0 Å². The van der Waals surface area contributed by atoms with Crippen LogP contribution in [0.4, 0.5) is 5.69 Å². The topological polar surface area (TPSA) is 29.5 Å². The minimum atomic E-state index is -0.473. The molecule has 0 aromatic heterocycles. The van der Waals surface area contributed by atoms with Gasteiger partial charge in [-0.1, -0.05) is 30.4 Å². The normalized spacial score (nSPS) is 12.6. The lowest BCUT2D eigenvalue weighted by Crippen LogP contribution is -3.00. The summed E-state index contributed by atoms with van der Waals surface area (Å²) in [6, 6.07) is 10.2. The third-order valence-electron chi connectivity index (χ3n) is 2.78. The smallest absolute Gasteiger partial charge is 0.132 e. The number of hydrogen-bond acceptors (Lipinski definition) is 2. The number of halogens is 1. The van der Waals surface area contributed by atoms with E-state index in [1.165, 1.54) is 5.69 Å². The van der Waals surface area contributed by atoms with Crippen LogP contribution in [0.1, 0.15) is 6.92 Å². The second-order valence-corrected chi connectivity index (χ2v) is 5.33. The number of nitrogens with zero attached hydrogens (tertiary/aromatic N) is 1. The number of quaternary nitrogens is 1. The largest absolute Gasteiger partial charge is 1.00 e. The van der Waals surface area contributed by atoms with Gasteiger partial charge in [0.1, 0.15) is 18.3 Å². The molecule has 1 aromatic rings. The Morgan fingerprint density at radius 3 is 2.42 bits per heavy atom. The molecule has 1 atom stereocenters. The highest BCUT2D eigenvalue weighted by atomic mass is 35.5. The zero-order valence-corrected chi connectivity index (χ0v) is 12.7. The van der Waals surface area contributed by atoms with Gasteiger partial charge in [0, 0.05) is 0 Å². The summed E-state index contributed by atoms with van der Waals surface area (Å²) in [4.78, 5) is 0. The van der Waals surface area contributed by atoms with Crippen LogP contribution in [0.25, 0.3) is 0 Å². The van der Waals surface area contributed by atoms with Gasteiger partial charge in [0.2, 0.25) is 0 Å². The van der Waals surface area contributed by atoms with Crippen molar-refractivity contribution in [1.82, 2.24) is 4.48 Å². The van der Waals surface area contributed by atoms with Crippen LogP contribution in [0.15, 0.2) is 42.5 Å². The number of hydrogen-bond donors (Lipinski definition) is 1. The van der Waals surface area contributed by atoms with E-state index in [0.717, 1.165) is 5.57 Å². The van der Waals surface area contributed by atoms with E-state index in [2.05, 4.69) is 32.8 Å². The average molecular weight is 286 g/mol. The van der Waals surface area contributed by atoms with Crippen molar-refractivity contribution in [3.8, 4) is 0 Å². The minimum absolute atomic E-state index is 0. The number of benzene rings is 1. The molecule has 0 aliphatic rings. The molecule has 0 saturated carbocycles. The first kappa shape index (κ1) is 18.1. The lowest BCUT2D eigenvalue weighted by atomic mass is 10.2. The first-order chi connectivity index (χ1) is 8.42. The summed E-state index contributed by atoms with van der Waals surface area (Å²) in [5.41, 5.74) is 2.15. The zero-order valence-electron chi connectivity index (χ0n) is 12.0. The van der Waals surface area contributed by atoms with E-state index >= 15 is 0 Å². The monoisotopic (exact) mass is 285 g/mol. The highest BCUT2D eigenvalue weighted by molar-refractivity contribution is 5.41. The third-order valence-corrected chi connectivity index (χ3v) is 2.78. The number of aliphatic hydroxyl groups is 1. The first-order valence-electron chi connectivity index (χ1n) is 6.20. The summed E-state index contributed by atoms with van der Waals surface area (Å²) in [6.07, 6.45) is -0.473. The van der Waals surface area contributed by atoms with Crippen LogP contribution in [0.3, 0.4) is 0 Å². The van der Waals surface area contributed by atoms with Gasteiger partial charge in [-0.15, -0.1) is 0 Å². The molecule has 0 heterocycles. The molecule has 4 heteroatoms. The fourth-order valence-corrected chi connectivity index (χ4v) is 1.89. The standard InChI is InChI=1S/C15H24NO2.ClH/c1-13(2)11-18-12-15(17)10-16(3,4)14-8-6-5-7-9-14;/h5-9,15,17H,1,10-12H2,2-4H3;1H/q+1;/p-1. The molecule has 1 N–H and O–H groups in total. The summed E-state index contributed by atoms with van der Waals surface area (Å²) < 4.78 is 6.02. The minimum Gasteiger partial charge on any atom is -1.00 e. The van der Waals surface area contributed by atoms with Crippen molar-refractivity contribution < 1.29 is 22.3 Å². The number of likely N-dealkylation sites (N-methyl/N-ethyl adjacent to an activating group) is 1. The Balaban J connectivity index is 0.00000324. The molecule has 1 unspecified atom stereocenters. The summed E-state index contributed by atoms with van der Waals surface area (Å²) in [5.74, 6) is 0. The zero-order chi connectivity index (χ0) is 13.6. The maximum Gasteiger partial charge on any atom is 0.132 e. The fraction of sp³-hybridized carbons (Fsp3) is 0.467. The van der Waals surface area contributed by atoms with Crippen LogP contribution in [0.2, 0.25) is 0 Å². The van der Waals surface area contributed by atoms with Crippen molar-refractivity contribution in [2.24, 2.45) is 0 Å². The third kappa shape index (κ3) is 6.73. The maximum absolute atomic E-state index is 9.99. The number of rotatable bonds is 7. The summed E-state index contributed by atoms with van der Waals surface area (Å²) in [6.45, 7) is 7.16. The van der Waals surface area contributed by atoms with Gasteiger partial charge in [-0.3, -0.25) is 4.48 Å². The van der Waals surface area contributed by atoms with Crippen LogP contribution in [0.5, 0.6) is 0 Å². The van der Waals surface area contributed by atoms with Crippen molar-refractivity contribution in [1.29, 1.82) is 0 Å². The second kappa shape index (κ2) is 8.33. The van der Waals surface area contributed by atoms with Crippen LogP contribution >= 0.6 is 0 Å². The Hall–Kier alpha value is -0.870. The van der Waals surface area contributed by atoms with Crippen molar-refractivity contribution >= 4 is 5.69 Å². The van der Waals surface area contributed by atoms with Crippen LogP contribution in [0, 0.1) is 0 Å². The van der Waals surface area contributed by atoms with E-state index in [0.29, 0.717) is 24.2 Å². The predicted octanol–water partition coefficient (Wildman–Crippen LogP) is -0.789. The fourth-order valence-electron chi connectivity index (χ4n) is 1.89. The van der Waals surface area contributed by atoms with E-state index < -0.39 is 6.10 Å². The highest BCUT2D eigenvalue weighted by Gasteiger charge is 2.23. The van der Waals surface area contributed by atoms with Gasteiger partial charge in [0.15, 0.2) is 0 Å². The number of ether oxygens (including phenoxy) is 1. The molecule has 0 fully saturated rings. The Kier molecular flexibility index (Phi) is 7.95. The molecule has 0 spiro atoms.